The minimum atomic E-state index is 0.165. The van der Waals surface area contributed by atoms with Crippen LogP contribution in [0, 0.1) is 6.92 Å². The number of aryl methyl sites for hydroxylation is 1. The molecule has 0 radical (unpaired) electrons. The number of carbonyl (C=O) groups excluding carboxylic acids is 1. The first-order valence-corrected chi connectivity index (χ1v) is 8.43. The molecular weight excluding hydrogens is 302 g/mol. The van der Waals surface area contributed by atoms with Crippen molar-refractivity contribution in [1.82, 2.24) is 19.8 Å². The highest BCUT2D eigenvalue weighted by Crippen LogP contribution is 2.23. The van der Waals surface area contributed by atoms with Crippen molar-refractivity contribution in [2.75, 3.05) is 39.0 Å². The monoisotopic (exact) mass is 327 g/mol. The van der Waals surface area contributed by atoms with Gasteiger partial charge in [-0.2, -0.15) is 0 Å². The number of hydrogen-bond donors (Lipinski definition) is 1. The van der Waals surface area contributed by atoms with E-state index in [4.69, 9.17) is 0 Å². The van der Waals surface area contributed by atoms with Gasteiger partial charge in [-0.05, 0) is 31.9 Å². The Bertz CT molecular complexity index is 722. The minimum absolute atomic E-state index is 0.165. The molecule has 0 aliphatic carbocycles. The third-order valence-corrected chi connectivity index (χ3v) is 4.58. The molecule has 0 saturated carbocycles. The number of fused-ring (bicyclic) bond motifs is 1. The fraction of sp³-hybridized carbons (Fsp3) is 0.500. The largest absolute Gasteiger partial charge is 0.367 e. The Morgan fingerprint density at radius 2 is 2.04 bits per heavy atom. The van der Waals surface area contributed by atoms with Crippen LogP contribution in [-0.4, -0.2) is 65.4 Å². The summed E-state index contributed by atoms with van der Waals surface area (Å²) in [5.74, 6) is 1.07. The number of anilines is 1. The van der Waals surface area contributed by atoms with Crippen LogP contribution in [-0.2, 0) is 4.79 Å². The molecular formula is C18H25N5O. The molecule has 3 rings (SSSR count). The maximum atomic E-state index is 11.8. The second-order valence-corrected chi connectivity index (χ2v) is 6.73. The Morgan fingerprint density at radius 3 is 2.75 bits per heavy atom. The first-order valence-electron chi connectivity index (χ1n) is 8.43. The molecule has 1 aliphatic rings. The number of rotatable bonds is 4. The van der Waals surface area contributed by atoms with E-state index in [1.165, 1.54) is 5.56 Å². The summed E-state index contributed by atoms with van der Waals surface area (Å²) >= 11 is 0. The van der Waals surface area contributed by atoms with Crippen LogP contribution in [0.2, 0.25) is 0 Å². The van der Waals surface area contributed by atoms with E-state index < -0.39 is 0 Å². The van der Waals surface area contributed by atoms with Crippen molar-refractivity contribution in [1.29, 1.82) is 0 Å². The van der Waals surface area contributed by atoms with Crippen LogP contribution in [0.1, 0.15) is 18.4 Å². The second-order valence-electron chi connectivity index (χ2n) is 6.73. The zero-order valence-corrected chi connectivity index (χ0v) is 14.6. The summed E-state index contributed by atoms with van der Waals surface area (Å²) < 4.78 is 0. The maximum absolute atomic E-state index is 11.8. The summed E-state index contributed by atoms with van der Waals surface area (Å²) in [5.41, 5.74) is 2.17. The van der Waals surface area contributed by atoms with Gasteiger partial charge in [0.15, 0.2) is 0 Å². The number of aromatic nitrogens is 2. The van der Waals surface area contributed by atoms with Crippen LogP contribution in [0.3, 0.4) is 0 Å². The minimum Gasteiger partial charge on any atom is -0.367 e. The van der Waals surface area contributed by atoms with Crippen molar-refractivity contribution in [3.05, 3.63) is 30.1 Å². The van der Waals surface area contributed by atoms with Crippen LogP contribution >= 0.6 is 0 Å². The molecule has 1 aromatic carbocycles. The highest BCUT2D eigenvalue weighted by molar-refractivity contribution is 5.89. The normalized spacial score (nSPS) is 16.3. The molecule has 6 nitrogen and oxygen atoms in total. The SMILES string of the molecule is Cc1ccc2ncnc(NC3CCN(CC(=O)N(C)C)CC3)c2c1. The van der Waals surface area contributed by atoms with Crippen LogP contribution in [0.15, 0.2) is 24.5 Å². The fourth-order valence-corrected chi connectivity index (χ4v) is 3.05. The molecule has 128 valence electrons. The Morgan fingerprint density at radius 1 is 1.29 bits per heavy atom. The van der Waals surface area contributed by atoms with E-state index in [0.717, 1.165) is 42.7 Å². The van der Waals surface area contributed by atoms with Crippen LogP contribution < -0.4 is 5.32 Å². The first kappa shape index (κ1) is 16.6. The van der Waals surface area contributed by atoms with Crippen molar-refractivity contribution in [2.24, 2.45) is 0 Å². The lowest BCUT2D eigenvalue weighted by Gasteiger charge is -2.32. The molecule has 0 unspecified atom stereocenters. The van der Waals surface area contributed by atoms with E-state index >= 15 is 0 Å². The number of likely N-dealkylation sites (tertiary alicyclic amines) is 1. The summed E-state index contributed by atoms with van der Waals surface area (Å²) in [6.07, 6.45) is 3.64. The molecule has 6 heteroatoms. The Kier molecular flexibility index (Phi) is 4.94. The Hall–Kier alpha value is -2.21. The van der Waals surface area contributed by atoms with Gasteiger partial charge >= 0.3 is 0 Å². The molecule has 1 aliphatic heterocycles. The lowest BCUT2D eigenvalue weighted by molar-refractivity contribution is -0.130. The average Bonchev–Trinajstić information content (AvgIpc) is 2.57. The third kappa shape index (κ3) is 3.82. The van der Waals surface area contributed by atoms with Gasteiger partial charge in [-0.15, -0.1) is 0 Å². The van der Waals surface area contributed by atoms with Crippen molar-refractivity contribution < 1.29 is 4.79 Å². The lowest BCUT2D eigenvalue weighted by atomic mass is 10.0. The molecule has 0 atom stereocenters. The van der Waals surface area contributed by atoms with E-state index in [-0.39, 0.29) is 5.91 Å². The number of benzene rings is 1. The van der Waals surface area contributed by atoms with Crippen LogP contribution in [0.4, 0.5) is 5.82 Å². The molecule has 2 heterocycles. The van der Waals surface area contributed by atoms with E-state index in [9.17, 15) is 4.79 Å². The topological polar surface area (TPSA) is 61.4 Å². The van der Waals surface area contributed by atoms with Crippen LogP contribution in [0.25, 0.3) is 10.9 Å². The van der Waals surface area contributed by atoms with Gasteiger partial charge in [0.25, 0.3) is 0 Å². The summed E-state index contributed by atoms with van der Waals surface area (Å²) in [5, 5.41) is 4.65. The Balaban J connectivity index is 1.62. The maximum Gasteiger partial charge on any atom is 0.236 e. The summed E-state index contributed by atoms with van der Waals surface area (Å²) in [4.78, 5) is 24.5. The molecule has 24 heavy (non-hydrogen) atoms. The predicted molar refractivity (Wildman–Crippen MR) is 96.1 cm³/mol. The zero-order chi connectivity index (χ0) is 17.1. The van der Waals surface area contributed by atoms with E-state index in [1.807, 2.05) is 6.07 Å². The number of piperidine rings is 1. The van der Waals surface area contributed by atoms with Gasteiger partial charge < -0.3 is 10.2 Å². The standard InChI is InChI=1S/C18H25N5O/c1-13-4-5-16-15(10-13)18(20-12-19-16)21-14-6-8-23(9-7-14)11-17(24)22(2)3/h4-5,10,12,14H,6-9,11H2,1-3H3,(H,19,20,21). The molecule has 1 N–H and O–H groups in total. The van der Waals surface area contributed by atoms with Crippen molar-refractivity contribution in [2.45, 2.75) is 25.8 Å². The predicted octanol–water partition coefficient (Wildman–Crippen LogP) is 1.90. The number of amides is 1. The number of hydrogen-bond acceptors (Lipinski definition) is 5. The van der Waals surface area contributed by atoms with Crippen molar-refractivity contribution in [3.8, 4) is 0 Å². The van der Waals surface area contributed by atoms with Crippen molar-refractivity contribution >= 4 is 22.6 Å². The molecule has 0 spiro atoms. The van der Waals surface area contributed by atoms with Gasteiger partial charge in [-0.1, -0.05) is 11.6 Å². The lowest BCUT2D eigenvalue weighted by Crippen LogP contribution is -2.44. The second kappa shape index (κ2) is 7.13. The fourth-order valence-electron chi connectivity index (χ4n) is 3.05. The molecule has 1 saturated heterocycles. The number of likely N-dealkylation sites (N-methyl/N-ethyl adjacent to an activating group) is 1. The van der Waals surface area contributed by atoms with Crippen LogP contribution in [0.5, 0.6) is 0 Å². The highest BCUT2D eigenvalue weighted by atomic mass is 16.2. The highest BCUT2D eigenvalue weighted by Gasteiger charge is 2.22. The third-order valence-electron chi connectivity index (χ3n) is 4.58. The van der Waals surface area contributed by atoms with Crippen molar-refractivity contribution in [3.63, 3.8) is 0 Å². The van der Waals surface area contributed by atoms with Gasteiger partial charge in [0, 0.05) is 38.6 Å². The molecule has 1 fully saturated rings. The van der Waals surface area contributed by atoms with Gasteiger partial charge in [-0.25, -0.2) is 9.97 Å². The summed E-state index contributed by atoms with van der Waals surface area (Å²) in [7, 11) is 3.61. The number of carbonyl (C=O) groups is 1. The zero-order valence-electron chi connectivity index (χ0n) is 14.6. The molecule has 2 aromatic rings. The van der Waals surface area contributed by atoms with Gasteiger partial charge in [0.2, 0.25) is 5.91 Å². The van der Waals surface area contributed by atoms with E-state index in [1.54, 1.807) is 25.3 Å². The van der Waals surface area contributed by atoms with Gasteiger partial charge in [-0.3, -0.25) is 9.69 Å². The van der Waals surface area contributed by atoms with Gasteiger partial charge in [0.05, 0.1) is 12.1 Å². The van der Waals surface area contributed by atoms with E-state index in [0.29, 0.717) is 12.6 Å². The first-order chi connectivity index (χ1) is 11.5. The summed E-state index contributed by atoms with van der Waals surface area (Å²) in [6, 6.07) is 6.61. The number of nitrogens with zero attached hydrogens (tertiary/aromatic N) is 4. The average molecular weight is 327 g/mol. The number of nitrogens with one attached hydrogen (secondary N) is 1. The Labute approximate surface area is 142 Å². The summed E-state index contributed by atoms with van der Waals surface area (Å²) in [6.45, 7) is 4.45. The van der Waals surface area contributed by atoms with E-state index in [2.05, 4.69) is 39.2 Å². The smallest absolute Gasteiger partial charge is 0.236 e. The molecule has 0 bridgehead atoms. The molecule has 1 aromatic heterocycles. The van der Waals surface area contributed by atoms with Gasteiger partial charge in [0.1, 0.15) is 12.1 Å². The quantitative estimate of drug-likeness (QED) is 0.929. The molecule has 1 amide bonds.